The largest absolute Gasteiger partial charge is 0.444 e. The van der Waals surface area contributed by atoms with E-state index in [1.807, 2.05) is 20.8 Å². The zero-order chi connectivity index (χ0) is 16.4. The first-order valence-electron chi connectivity index (χ1n) is 8.53. The van der Waals surface area contributed by atoms with Crippen molar-refractivity contribution in [2.45, 2.75) is 76.9 Å². The molecule has 128 valence electrons. The molecule has 5 nitrogen and oxygen atoms in total. The summed E-state index contributed by atoms with van der Waals surface area (Å²) in [6.07, 6.45) is 6.22. The first-order chi connectivity index (χ1) is 10.2. The highest BCUT2D eigenvalue weighted by molar-refractivity contribution is 5.68. The Morgan fingerprint density at radius 2 is 1.73 bits per heavy atom. The fourth-order valence-corrected chi connectivity index (χ4v) is 3.88. The molecule has 2 aliphatic rings. The summed E-state index contributed by atoms with van der Waals surface area (Å²) in [5.41, 5.74) is -2.00. The van der Waals surface area contributed by atoms with E-state index in [1.54, 1.807) is 4.90 Å². The molecule has 0 radical (unpaired) electrons. The maximum atomic E-state index is 12.2. The van der Waals surface area contributed by atoms with Crippen molar-refractivity contribution < 1.29 is 19.7 Å². The fraction of sp³-hybridized carbons (Fsp3) is 0.941. The number of hydrogen-bond donors (Lipinski definition) is 2. The van der Waals surface area contributed by atoms with Crippen molar-refractivity contribution in [3.05, 3.63) is 0 Å². The second kappa shape index (κ2) is 6.36. The average Bonchev–Trinajstić information content (AvgIpc) is 2.69. The lowest BCUT2D eigenvalue weighted by molar-refractivity contribution is -0.110. The van der Waals surface area contributed by atoms with Gasteiger partial charge in [0.1, 0.15) is 5.60 Å². The van der Waals surface area contributed by atoms with Gasteiger partial charge in [-0.3, -0.25) is 0 Å². The van der Waals surface area contributed by atoms with Gasteiger partial charge in [0.05, 0.1) is 18.8 Å². The molecule has 0 spiro atoms. The Morgan fingerprint density at radius 1 is 1.14 bits per heavy atom. The lowest BCUT2D eigenvalue weighted by Crippen LogP contribution is -2.53. The number of β-amino-alcohol motifs (C(OH)–C–C–N with tert-alkyl or cyclic N) is 1. The van der Waals surface area contributed by atoms with Crippen LogP contribution in [0.2, 0.25) is 0 Å². The summed E-state index contributed by atoms with van der Waals surface area (Å²) in [5, 5.41) is 21.2. The molecule has 1 atom stereocenters. The third-order valence-corrected chi connectivity index (χ3v) is 5.25. The SMILES string of the molecule is CC(C)(C)OC(=O)N1CCC(O)(C2(CO)CCCCCC2)C1. The van der Waals surface area contributed by atoms with Crippen LogP contribution < -0.4 is 0 Å². The molecule has 1 heterocycles. The number of carbonyl (C=O) groups is 1. The Labute approximate surface area is 133 Å². The van der Waals surface area contributed by atoms with E-state index in [0.717, 1.165) is 38.5 Å². The summed E-state index contributed by atoms with van der Waals surface area (Å²) in [7, 11) is 0. The molecule has 5 heteroatoms. The number of rotatable bonds is 2. The van der Waals surface area contributed by atoms with Crippen molar-refractivity contribution in [3.63, 3.8) is 0 Å². The van der Waals surface area contributed by atoms with Crippen molar-refractivity contribution in [2.24, 2.45) is 5.41 Å². The van der Waals surface area contributed by atoms with Crippen LogP contribution in [0.25, 0.3) is 0 Å². The summed E-state index contributed by atoms with van der Waals surface area (Å²) in [6, 6.07) is 0. The molecule has 2 N–H and O–H groups in total. The van der Waals surface area contributed by atoms with Crippen LogP contribution in [0.4, 0.5) is 4.79 Å². The van der Waals surface area contributed by atoms with E-state index in [9.17, 15) is 15.0 Å². The van der Waals surface area contributed by atoms with Gasteiger partial charge in [-0.1, -0.05) is 25.7 Å². The Balaban J connectivity index is 2.09. The maximum Gasteiger partial charge on any atom is 0.410 e. The van der Waals surface area contributed by atoms with Crippen LogP contribution in [-0.2, 0) is 4.74 Å². The predicted octanol–water partition coefficient (Wildman–Crippen LogP) is 2.69. The minimum Gasteiger partial charge on any atom is -0.444 e. The Bertz CT molecular complexity index is 396. The lowest BCUT2D eigenvalue weighted by atomic mass is 9.67. The number of ether oxygens (including phenoxy) is 1. The molecule has 0 bridgehead atoms. The van der Waals surface area contributed by atoms with Gasteiger partial charge in [0.2, 0.25) is 0 Å². The second-order valence-electron chi connectivity index (χ2n) is 8.04. The van der Waals surface area contributed by atoms with Gasteiger partial charge in [0.15, 0.2) is 0 Å². The van der Waals surface area contributed by atoms with E-state index in [4.69, 9.17) is 4.74 Å². The molecular weight excluding hydrogens is 282 g/mol. The maximum absolute atomic E-state index is 12.2. The van der Waals surface area contributed by atoms with E-state index >= 15 is 0 Å². The smallest absolute Gasteiger partial charge is 0.410 e. The molecule has 22 heavy (non-hydrogen) atoms. The molecule has 2 rings (SSSR count). The fourth-order valence-electron chi connectivity index (χ4n) is 3.88. The van der Waals surface area contributed by atoms with Crippen LogP contribution >= 0.6 is 0 Å². The van der Waals surface area contributed by atoms with Gasteiger partial charge in [-0.2, -0.15) is 0 Å². The Kier molecular flexibility index (Phi) is 5.07. The normalized spacial score (nSPS) is 29.2. The van der Waals surface area contributed by atoms with Gasteiger partial charge in [-0.05, 0) is 40.0 Å². The first kappa shape index (κ1) is 17.5. The van der Waals surface area contributed by atoms with E-state index < -0.39 is 16.6 Å². The van der Waals surface area contributed by atoms with E-state index in [2.05, 4.69) is 0 Å². The summed E-state index contributed by atoms with van der Waals surface area (Å²) in [5.74, 6) is 0. The number of carbonyl (C=O) groups excluding carboxylic acids is 1. The molecular formula is C17H31NO4. The van der Waals surface area contributed by atoms with Crippen LogP contribution in [-0.4, -0.2) is 52.1 Å². The van der Waals surface area contributed by atoms with Crippen molar-refractivity contribution in [1.29, 1.82) is 0 Å². The summed E-state index contributed by atoms with van der Waals surface area (Å²) < 4.78 is 5.41. The van der Waals surface area contributed by atoms with Crippen LogP contribution in [0.3, 0.4) is 0 Å². The van der Waals surface area contributed by atoms with Crippen LogP contribution in [0.15, 0.2) is 0 Å². The summed E-state index contributed by atoms with van der Waals surface area (Å²) in [6.45, 7) is 6.27. The van der Waals surface area contributed by atoms with Crippen molar-refractivity contribution in [3.8, 4) is 0 Å². The zero-order valence-corrected chi connectivity index (χ0v) is 14.2. The van der Waals surface area contributed by atoms with Crippen molar-refractivity contribution in [1.82, 2.24) is 4.90 Å². The standard InChI is InChI=1S/C17H31NO4/c1-15(2,3)22-14(20)18-11-10-17(21,12-18)16(13-19)8-6-4-5-7-9-16/h19,21H,4-13H2,1-3H3. The Hall–Kier alpha value is -0.810. The van der Waals surface area contributed by atoms with Gasteiger partial charge in [0.25, 0.3) is 0 Å². The number of amides is 1. The minimum atomic E-state index is -0.997. The number of hydrogen-bond acceptors (Lipinski definition) is 4. The van der Waals surface area contributed by atoms with Gasteiger partial charge in [-0.25, -0.2) is 4.79 Å². The van der Waals surface area contributed by atoms with E-state index in [1.165, 1.54) is 0 Å². The van der Waals surface area contributed by atoms with E-state index in [0.29, 0.717) is 13.0 Å². The van der Waals surface area contributed by atoms with Crippen molar-refractivity contribution in [2.75, 3.05) is 19.7 Å². The molecule has 1 amide bonds. The molecule has 1 unspecified atom stereocenters. The highest BCUT2D eigenvalue weighted by Crippen LogP contribution is 2.47. The van der Waals surface area contributed by atoms with Gasteiger partial charge < -0.3 is 19.8 Å². The van der Waals surface area contributed by atoms with Gasteiger partial charge in [-0.15, -0.1) is 0 Å². The molecule has 1 aliphatic carbocycles. The lowest BCUT2D eigenvalue weighted by Gasteiger charge is -2.44. The van der Waals surface area contributed by atoms with Gasteiger partial charge >= 0.3 is 6.09 Å². The number of aliphatic hydroxyl groups excluding tert-OH is 1. The van der Waals surface area contributed by atoms with Crippen LogP contribution in [0.5, 0.6) is 0 Å². The molecule has 0 aromatic rings. The third kappa shape index (κ3) is 3.57. The number of likely N-dealkylation sites (tertiary alicyclic amines) is 1. The van der Waals surface area contributed by atoms with E-state index in [-0.39, 0.29) is 19.2 Å². The highest BCUT2D eigenvalue weighted by Gasteiger charge is 2.54. The predicted molar refractivity (Wildman–Crippen MR) is 84.6 cm³/mol. The van der Waals surface area contributed by atoms with Gasteiger partial charge in [0, 0.05) is 12.0 Å². The second-order valence-corrected chi connectivity index (χ2v) is 8.04. The third-order valence-electron chi connectivity index (χ3n) is 5.25. The molecule has 1 saturated heterocycles. The summed E-state index contributed by atoms with van der Waals surface area (Å²) in [4.78, 5) is 13.8. The molecule has 1 aliphatic heterocycles. The number of nitrogens with zero attached hydrogens (tertiary/aromatic N) is 1. The monoisotopic (exact) mass is 313 g/mol. The minimum absolute atomic E-state index is 0.00828. The zero-order valence-electron chi connectivity index (χ0n) is 14.2. The molecule has 2 fully saturated rings. The average molecular weight is 313 g/mol. The molecule has 0 aromatic carbocycles. The Morgan fingerprint density at radius 3 is 2.23 bits per heavy atom. The van der Waals surface area contributed by atoms with Crippen molar-refractivity contribution >= 4 is 6.09 Å². The topological polar surface area (TPSA) is 70.0 Å². The van der Waals surface area contributed by atoms with Crippen LogP contribution in [0.1, 0.15) is 65.7 Å². The highest BCUT2D eigenvalue weighted by atomic mass is 16.6. The van der Waals surface area contributed by atoms with Crippen LogP contribution in [0, 0.1) is 5.41 Å². The number of aliphatic hydroxyl groups is 2. The molecule has 0 aromatic heterocycles. The quantitative estimate of drug-likeness (QED) is 0.769. The first-order valence-corrected chi connectivity index (χ1v) is 8.53. The summed E-state index contributed by atoms with van der Waals surface area (Å²) >= 11 is 0. The molecule has 1 saturated carbocycles.